The molecular formula is C20H23ClN4O8S. The van der Waals surface area contributed by atoms with Gasteiger partial charge in [-0.25, -0.2) is 4.79 Å². The number of nitrogens with one attached hydrogen (secondary N) is 2. The van der Waals surface area contributed by atoms with Crippen LogP contribution in [0.4, 0.5) is 5.69 Å². The van der Waals surface area contributed by atoms with Crippen molar-refractivity contribution in [3.8, 4) is 0 Å². The first-order valence-electron chi connectivity index (χ1n) is 10.1. The third kappa shape index (κ3) is 7.99. The Bertz CT molecular complexity index is 989. The van der Waals surface area contributed by atoms with Gasteiger partial charge in [0.2, 0.25) is 11.8 Å². The molecule has 1 atom stereocenters. The molecule has 2 N–H and O–H groups in total. The minimum absolute atomic E-state index is 0.0750. The number of halogens is 1. The van der Waals surface area contributed by atoms with Gasteiger partial charge in [-0.1, -0.05) is 11.6 Å². The predicted octanol–water partition coefficient (Wildman–Crippen LogP) is 0.908. The number of benzene rings is 1. The third-order valence-electron chi connectivity index (χ3n) is 4.74. The molecular weight excluding hydrogens is 492 g/mol. The Kier molecular flexibility index (Phi) is 10.3. The maximum absolute atomic E-state index is 12.6. The molecule has 12 nitrogen and oxygen atoms in total. The summed E-state index contributed by atoms with van der Waals surface area (Å²) in [5, 5.41) is 15.1. The molecule has 1 aromatic carbocycles. The second-order valence-corrected chi connectivity index (χ2v) is 8.62. The summed E-state index contributed by atoms with van der Waals surface area (Å²) in [6.07, 6.45) is 2.97. The predicted molar refractivity (Wildman–Crippen MR) is 122 cm³/mol. The lowest BCUT2D eigenvalue weighted by Gasteiger charge is -2.18. The zero-order chi connectivity index (χ0) is 25.3. The van der Waals surface area contributed by atoms with Crippen LogP contribution in [0.15, 0.2) is 18.2 Å². The summed E-state index contributed by atoms with van der Waals surface area (Å²) in [5.74, 6) is -2.93. The summed E-state index contributed by atoms with van der Waals surface area (Å²) < 4.78 is 4.94. The molecule has 14 heteroatoms. The Morgan fingerprint density at radius 2 is 2.03 bits per heavy atom. The van der Waals surface area contributed by atoms with Gasteiger partial charge < -0.3 is 15.0 Å². The number of hydrogen-bond acceptors (Lipinski definition) is 9. The van der Waals surface area contributed by atoms with Crippen molar-refractivity contribution in [2.45, 2.75) is 25.3 Å². The maximum Gasteiger partial charge on any atom is 0.329 e. The molecule has 0 saturated carbocycles. The lowest BCUT2D eigenvalue weighted by Crippen LogP contribution is -2.45. The summed E-state index contributed by atoms with van der Waals surface area (Å²) in [4.78, 5) is 71.9. The number of esters is 1. The van der Waals surface area contributed by atoms with E-state index in [4.69, 9.17) is 16.3 Å². The monoisotopic (exact) mass is 514 g/mol. The van der Waals surface area contributed by atoms with Gasteiger partial charge in [0.1, 0.15) is 6.04 Å². The molecule has 0 aromatic heterocycles. The minimum atomic E-state index is -1.13. The zero-order valence-electron chi connectivity index (χ0n) is 18.2. The highest BCUT2D eigenvalue weighted by Crippen LogP contribution is 2.22. The quantitative estimate of drug-likeness (QED) is 0.248. The fraction of sp³-hybridized carbons (Fsp3) is 0.450. The van der Waals surface area contributed by atoms with E-state index in [1.54, 1.807) is 6.26 Å². The van der Waals surface area contributed by atoms with Crippen molar-refractivity contribution in [2.75, 3.05) is 31.7 Å². The maximum atomic E-state index is 12.6. The van der Waals surface area contributed by atoms with Crippen molar-refractivity contribution < 1.29 is 33.6 Å². The van der Waals surface area contributed by atoms with E-state index in [0.717, 1.165) is 18.2 Å². The van der Waals surface area contributed by atoms with Gasteiger partial charge in [0, 0.05) is 25.1 Å². The third-order valence-corrected chi connectivity index (χ3v) is 5.70. The SMILES string of the molecule is CSCC[C@@H](NC(=O)c1ccc([N+](=O)[O-])cc1Cl)C(=O)OCC(=O)NC(=O)CN1CCCC1=O. The molecule has 2 rings (SSSR count). The average Bonchev–Trinajstić information content (AvgIpc) is 3.18. The van der Waals surface area contributed by atoms with Gasteiger partial charge in [0.25, 0.3) is 17.5 Å². The Morgan fingerprint density at radius 1 is 1.29 bits per heavy atom. The van der Waals surface area contributed by atoms with Crippen LogP contribution in [-0.2, 0) is 23.9 Å². The van der Waals surface area contributed by atoms with E-state index in [9.17, 15) is 34.1 Å². The summed E-state index contributed by atoms with van der Waals surface area (Å²) in [7, 11) is 0. The number of carbonyl (C=O) groups is 5. The fourth-order valence-corrected chi connectivity index (χ4v) is 3.77. The van der Waals surface area contributed by atoms with E-state index >= 15 is 0 Å². The molecule has 184 valence electrons. The smallest absolute Gasteiger partial charge is 0.329 e. The van der Waals surface area contributed by atoms with Crippen molar-refractivity contribution in [3.05, 3.63) is 38.9 Å². The molecule has 1 aromatic rings. The van der Waals surface area contributed by atoms with Gasteiger partial charge in [0.05, 0.1) is 22.1 Å². The summed E-state index contributed by atoms with van der Waals surface area (Å²) in [5.41, 5.74) is -0.372. The Labute approximate surface area is 203 Å². The van der Waals surface area contributed by atoms with E-state index < -0.39 is 41.3 Å². The number of non-ortho nitro benzene ring substituents is 1. The summed E-state index contributed by atoms with van der Waals surface area (Å²) >= 11 is 7.37. The first kappa shape index (κ1) is 27.1. The number of imide groups is 1. The normalized spacial score (nSPS) is 13.8. The van der Waals surface area contributed by atoms with Crippen LogP contribution in [0.2, 0.25) is 5.02 Å². The number of nitro groups is 1. The van der Waals surface area contributed by atoms with Crippen LogP contribution >= 0.6 is 23.4 Å². The topological polar surface area (TPSA) is 165 Å². The molecule has 0 aliphatic carbocycles. The van der Waals surface area contributed by atoms with E-state index in [2.05, 4.69) is 5.32 Å². The van der Waals surface area contributed by atoms with Crippen molar-refractivity contribution in [1.82, 2.24) is 15.5 Å². The van der Waals surface area contributed by atoms with E-state index in [1.165, 1.54) is 16.7 Å². The first-order chi connectivity index (χ1) is 16.1. The molecule has 0 spiro atoms. The van der Waals surface area contributed by atoms with Crippen LogP contribution in [0.5, 0.6) is 0 Å². The number of carbonyl (C=O) groups excluding carboxylic acids is 5. The molecule has 1 saturated heterocycles. The first-order valence-corrected chi connectivity index (χ1v) is 11.9. The standard InChI is InChI=1S/C20H23ClN4O8S/c1-34-8-6-15(22-19(29)13-5-4-12(25(31)32)9-14(13)21)20(30)33-11-17(27)23-16(26)10-24-7-2-3-18(24)28/h4-5,9,15H,2-3,6-8,10-11H2,1H3,(H,22,29)(H,23,26,27)/t15-/m1/s1. The van der Waals surface area contributed by atoms with Gasteiger partial charge in [-0.2, -0.15) is 11.8 Å². The number of nitrogens with zero attached hydrogens (tertiary/aromatic N) is 2. The molecule has 0 bridgehead atoms. The fourth-order valence-electron chi connectivity index (χ4n) is 3.04. The zero-order valence-corrected chi connectivity index (χ0v) is 19.8. The molecule has 0 radical (unpaired) electrons. The molecule has 1 heterocycles. The molecule has 34 heavy (non-hydrogen) atoms. The van der Waals surface area contributed by atoms with Gasteiger partial charge in [-0.3, -0.25) is 34.6 Å². The largest absolute Gasteiger partial charge is 0.454 e. The minimum Gasteiger partial charge on any atom is -0.454 e. The highest BCUT2D eigenvalue weighted by atomic mass is 35.5. The number of thioether (sulfide) groups is 1. The van der Waals surface area contributed by atoms with Gasteiger partial charge in [0.15, 0.2) is 6.61 Å². The van der Waals surface area contributed by atoms with Crippen molar-refractivity contribution in [2.24, 2.45) is 0 Å². The lowest BCUT2D eigenvalue weighted by atomic mass is 10.1. The van der Waals surface area contributed by atoms with Crippen LogP contribution in [0.3, 0.4) is 0 Å². The number of likely N-dealkylation sites (tertiary alicyclic amines) is 1. The van der Waals surface area contributed by atoms with E-state index in [1.807, 2.05) is 5.32 Å². The number of hydrogen-bond donors (Lipinski definition) is 2. The molecule has 1 aliphatic heterocycles. The van der Waals surface area contributed by atoms with Crippen molar-refractivity contribution >= 4 is 58.6 Å². The van der Waals surface area contributed by atoms with Crippen LogP contribution in [-0.4, -0.2) is 77.2 Å². The Morgan fingerprint density at radius 3 is 2.62 bits per heavy atom. The second-order valence-electron chi connectivity index (χ2n) is 7.23. The highest BCUT2D eigenvalue weighted by molar-refractivity contribution is 7.98. The van der Waals surface area contributed by atoms with Crippen LogP contribution in [0.25, 0.3) is 0 Å². The van der Waals surface area contributed by atoms with Crippen molar-refractivity contribution in [1.29, 1.82) is 0 Å². The average molecular weight is 515 g/mol. The number of rotatable bonds is 11. The second kappa shape index (κ2) is 12.9. The van der Waals surface area contributed by atoms with Crippen LogP contribution < -0.4 is 10.6 Å². The highest BCUT2D eigenvalue weighted by Gasteiger charge is 2.26. The van der Waals surface area contributed by atoms with Gasteiger partial charge in [-0.05, 0) is 30.9 Å². The molecule has 1 fully saturated rings. The Balaban J connectivity index is 1.92. The summed E-state index contributed by atoms with van der Waals surface area (Å²) in [6, 6.07) is 2.16. The number of ether oxygens (including phenoxy) is 1. The van der Waals surface area contributed by atoms with E-state index in [-0.39, 0.29) is 35.1 Å². The number of nitro benzene ring substituents is 1. The number of amides is 4. The Hall–Kier alpha value is -3.19. The van der Waals surface area contributed by atoms with Gasteiger partial charge in [-0.15, -0.1) is 0 Å². The van der Waals surface area contributed by atoms with E-state index in [0.29, 0.717) is 25.1 Å². The summed E-state index contributed by atoms with van der Waals surface area (Å²) in [6.45, 7) is -0.589. The molecule has 0 unspecified atom stereocenters. The van der Waals surface area contributed by atoms with Crippen LogP contribution in [0.1, 0.15) is 29.6 Å². The molecule has 4 amide bonds. The molecule has 1 aliphatic rings. The van der Waals surface area contributed by atoms with Crippen LogP contribution in [0, 0.1) is 10.1 Å². The lowest BCUT2D eigenvalue weighted by molar-refractivity contribution is -0.384. The van der Waals surface area contributed by atoms with Crippen molar-refractivity contribution in [3.63, 3.8) is 0 Å². The van der Waals surface area contributed by atoms with Gasteiger partial charge >= 0.3 is 5.97 Å².